The Morgan fingerprint density at radius 3 is 2.74 bits per heavy atom. The monoisotopic (exact) mass is 262 g/mol. The van der Waals surface area contributed by atoms with E-state index >= 15 is 0 Å². The molecule has 1 saturated heterocycles. The SMILES string of the molecule is OCCC1CCN(c2ncc(CNC3CC3)cn2)C1. The third-order valence-corrected chi connectivity index (χ3v) is 3.97. The number of rotatable bonds is 6. The van der Waals surface area contributed by atoms with Crippen molar-refractivity contribution < 1.29 is 5.11 Å². The molecule has 1 saturated carbocycles. The molecule has 1 unspecified atom stereocenters. The van der Waals surface area contributed by atoms with E-state index in [9.17, 15) is 0 Å². The number of anilines is 1. The Balaban J connectivity index is 1.53. The van der Waals surface area contributed by atoms with Crippen LogP contribution in [0.3, 0.4) is 0 Å². The molecule has 5 heteroatoms. The predicted octanol–water partition coefficient (Wildman–Crippen LogP) is 0.937. The highest BCUT2D eigenvalue weighted by Crippen LogP contribution is 2.23. The van der Waals surface area contributed by atoms with Crippen molar-refractivity contribution in [1.82, 2.24) is 15.3 Å². The van der Waals surface area contributed by atoms with Crippen molar-refractivity contribution in [2.75, 3.05) is 24.6 Å². The Hall–Kier alpha value is -1.20. The summed E-state index contributed by atoms with van der Waals surface area (Å²) in [5, 5.41) is 12.4. The van der Waals surface area contributed by atoms with E-state index in [1.54, 1.807) is 0 Å². The summed E-state index contributed by atoms with van der Waals surface area (Å²) in [5.74, 6) is 1.42. The number of aliphatic hydroxyl groups excluding tert-OH is 1. The van der Waals surface area contributed by atoms with Gasteiger partial charge in [-0.25, -0.2) is 9.97 Å². The molecule has 1 aromatic rings. The van der Waals surface area contributed by atoms with Gasteiger partial charge in [0.05, 0.1) is 0 Å². The number of hydrogen-bond donors (Lipinski definition) is 2. The second kappa shape index (κ2) is 5.84. The topological polar surface area (TPSA) is 61.3 Å². The second-order valence-corrected chi connectivity index (χ2v) is 5.66. The molecule has 1 atom stereocenters. The zero-order valence-corrected chi connectivity index (χ0v) is 11.3. The Bertz CT molecular complexity index is 404. The molecule has 3 rings (SSSR count). The van der Waals surface area contributed by atoms with Crippen LogP contribution in [0.2, 0.25) is 0 Å². The van der Waals surface area contributed by atoms with Crippen LogP contribution in [-0.2, 0) is 6.54 Å². The summed E-state index contributed by atoms with van der Waals surface area (Å²) in [4.78, 5) is 11.2. The fourth-order valence-electron chi connectivity index (χ4n) is 2.58. The molecule has 1 aliphatic heterocycles. The lowest BCUT2D eigenvalue weighted by Crippen LogP contribution is -2.22. The number of hydrogen-bond acceptors (Lipinski definition) is 5. The molecule has 2 heterocycles. The molecule has 2 fully saturated rings. The van der Waals surface area contributed by atoms with Crippen molar-refractivity contribution in [2.24, 2.45) is 5.92 Å². The largest absolute Gasteiger partial charge is 0.396 e. The minimum atomic E-state index is 0.283. The second-order valence-electron chi connectivity index (χ2n) is 5.66. The van der Waals surface area contributed by atoms with Gasteiger partial charge in [-0.3, -0.25) is 0 Å². The summed E-state index contributed by atoms with van der Waals surface area (Å²) < 4.78 is 0. The Morgan fingerprint density at radius 2 is 2.05 bits per heavy atom. The average Bonchev–Trinajstić information content (AvgIpc) is 3.16. The Morgan fingerprint density at radius 1 is 1.26 bits per heavy atom. The highest BCUT2D eigenvalue weighted by Gasteiger charge is 2.24. The Labute approximate surface area is 114 Å². The Kier molecular flexibility index (Phi) is 3.94. The third-order valence-electron chi connectivity index (χ3n) is 3.97. The summed E-state index contributed by atoms with van der Waals surface area (Å²) >= 11 is 0. The molecule has 0 aromatic carbocycles. The first-order valence-corrected chi connectivity index (χ1v) is 7.25. The van der Waals surface area contributed by atoms with Gasteiger partial charge in [0.25, 0.3) is 0 Å². The van der Waals surface area contributed by atoms with E-state index in [4.69, 9.17) is 5.11 Å². The number of aromatic nitrogens is 2. The molecule has 0 radical (unpaired) electrons. The minimum absolute atomic E-state index is 0.283. The van der Waals surface area contributed by atoms with Gasteiger partial charge in [-0.05, 0) is 31.6 Å². The molecular formula is C14H22N4O. The molecule has 2 N–H and O–H groups in total. The van der Waals surface area contributed by atoms with Gasteiger partial charge in [0.15, 0.2) is 0 Å². The van der Waals surface area contributed by atoms with Crippen LogP contribution in [0, 0.1) is 5.92 Å². The summed E-state index contributed by atoms with van der Waals surface area (Å²) in [5.41, 5.74) is 1.15. The minimum Gasteiger partial charge on any atom is -0.396 e. The maximum Gasteiger partial charge on any atom is 0.225 e. The molecule has 19 heavy (non-hydrogen) atoms. The number of aliphatic hydroxyl groups is 1. The van der Waals surface area contributed by atoms with Crippen LogP contribution >= 0.6 is 0 Å². The lowest BCUT2D eigenvalue weighted by atomic mass is 10.1. The van der Waals surface area contributed by atoms with E-state index in [2.05, 4.69) is 20.2 Å². The quantitative estimate of drug-likeness (QED) is 0.799. The van der Waals surface area contributed by atoms with E-state index in [1.165, 1.54) is 12.8 Å². The first-order chi connectivity index (χ1) is 9.35. The standard InChI is InChI=1S/C14H22N4O/c19-6-4-11-3-5-18(10-11)14-16-8-12(9-17-14)7-15-13-1-2-13/h8-9,11,13,15,19H,1-7,10H2. The van der Waals surface area contributed by atoms with Gasteiger partial charge in [0.1, 0.15) is 0 Å². The van der Waals surface area contributed by atoms with E-state index in [0.29, 0.717) is 5.92 Å². The van der Waals surface area contributed by atoms with Crippen LogP contribution in [-0.4, -0.2) is 40.8 Å². The van der Waals surface area contributed by atoms with Gasteiger partial charge in [0, 0.05) is 50.2 Å². The molecule has 104 valence electrons. The molecule has 5 nitrogen and oxygen atoms in total. The van der Waals surface area contributed by atoms with Crippen molar-refractivity contribution in [3.05, 3.63) is 18.0 Å². The van der Waals surface area contributed by atoms with Crippen molar-refractivity contribution >= 4 is 5.95 Å². The normalized spacial score (nSPS) is 23.0. The van der Waals surface area contributed by atoms with Gasteiger partial charge >= 0.3 is 0 Å². The van der Waals surface area contributed by atoms with Gasteiger partial charge in [-0.1, -0.05) is 0 Å². The average molecular weight is 262 g/mol. The van der Waals surface area contributed by atoms with E-state index in [1.807, 2.05) is 12.4 Å². The highest BCUT2D eigenvalue weighted by molar-refractivity contribution is 5.31. The molecule has 0 spiro atoms. The number of nitrogens with zero attached hydrogens (tertiary/aromatic N) is 3. The zero-order chi connectivity index (χ0) is 13.1. The third kappa shape index (κ3) is 3.42. The predicted molar refractivity (Wildman–Crippen MR) is 73.9 cm³/mol. The highest BCUT2D eigenvalue weighted by atomic mass is 16.3. The molecule has 0 bridgehead atoms. The molecule has 0 amide bonds. The van der Waals surface area contributed by atoms with Gasteiger partial charge < -0.3 is 15.3 Å². The van der Waals surface area contributed by atoms with Crippen LogP contribution < -0.4 is 10.2 Å². The number of nitrogens with one attached hydrogen (secondary N) is 1. The van der Waals surface area contributed by atoms with Crippen molar-refractivity contribution in [1.29, 1.82) is 0 Å². The first-order valence-electron chi connectivity index (χ1n) is 7.25. The molecule has 2 aliphatic rings. The van der Waals surface area contributed by atoms with Crippen molar-refractivity contribution in [3.8, 4) is 0 Å². The van der Waals surface area contributed by atoms with E-state index in [-0.39, 0.29) is 6.61 Å². The summed E-state index contributed by atoms with van der Waals surface area (Å²) in [7, 11) is 0. The van der Waals surface area contributed by atoms with Crippen LogP contribution in [0.5, 0.6) is 0 Å². The summed E-state index contributed by atoms with van der Waals surface area (Å²) in [6.45, 7) is 3.13. The maximum absolute atomic E-state index is 8.97. The van der Waals surface area contributed by atoms with Crippen molar-refractivity contribution in [3.63, 3.8) is 0 Å². The molecule has 1 aliphatic carbocycles. The fraction of sp³-hybridized carbons (Fsp3) is 0.714. The zero-order valence-electron chi connectivity index (χ0n) is 11.3. The molecular weight excluding hydrogens is 240 g/mol. The maximum atomic E-state index is 8.97. The lowest BCUT2D eigenvalue weighted by Gasteiger charge is -2.16. The van der Waals surface area contributed by atoms with Gasteiger partial charge in [0.2, 0.25) is 5.95 Å². The lowest BCUT2D eigenvalue weighted by molar-refractivity contribution is 0.263. The van der Waals surface area contributed by atoms with Crippen LogP contribution in [0.25, 0.3) is 0 Å². The van der Waals surface area contributed by atoms with Crippen LogP contribution in [0.1, 0.15) is 31.2 Å². The first kappa shape index (κ1) is 12.8. The summed E-state index contributed by atoms with van der Waals surface area (Å²) in [6, 6.07) is 0.720. The van der Waals surface area contributed by atoms with E-state index in [0.717, 1.165) is 50.0 Å². The fourth-order valence-corrected chi connectivity index (χ4v) is 2.58. The van der Waals surface area contributed by atoms with Crippen LogP contribution in [0.4, 0.5) is 5.95 Å². The van der Waals surface area contributed by atoms with Crippen molar-refractivity contribution in [2.45, 2.75) is 38.3 Å². The molecule has 1 aromatic heterocycles. The van der Waals surface area contributed by atoms with Gasteiger partial charge in [-0.2, -0.15) is 0 Å². The summed E-state index contributed by atoms with van der Waals surface area (Å²) in [6.07, 6.45) is 8.49. The smallest absolute Gasteiger partial charge is 0.225 e. The van der Waals surface area contributed by atoms with Gasteiger partial charge in [-0.15, -0.1) is 0 Å². The van der Waals surface area contributed by atoms with E-state index < -0.39 is 0 Å². The van der Waals surface area contributed by atoms with Crippen LogP contribution in [0.15, 0.2) is 12.4 Å².